The Kier molecular flexibility index (Phi) is 21.8. The van der Waals surface area contributed by atoms with Gasteiger partial charge in [-0.3, -0.25) is 4.72 Å². The van der Waals surface area contributed by atoms with Gasteiger partial charge in [-0.05, 0) is 99.4 Å². The summed E-state index contributed by atoms with van der Waals surface area (Å²) in [4.78, 5) is 11.7. The Morgan fingerprint density at radius 2 is 1.37 bits per heavy atom. The third kappa shape index (κ3) is 19.0. The first-order chi connectivity index (χ1) is 23.0. The van der Waals surface area contributed by atoms with Crippen molar-refractivity contribution in [2.24, 2.45) is 0 Å². The van der Waals surface area contributed by atoms with E-state index in [1.165, 1.54) is 24.0 Å². The van der Waals surface area contributed by atoms with Crippen LogP contribution in [-0.4, -0.2) is 32.4 Å². The van der Waals surface area contributed by atoms with Crippen molar-refractivity contribution in [1.29, 1.82) is 0 Å². The van der Waals surface area contributed by atoms with E-state index in [0.29, 0.717) is 19.5 Å². The molecule has 0 bridgehead atoms. The Balaban J connectivity index is 0.000000804. The summed E-state index contributed by atoms with van der Waals surface area (Å²) in [6.07, 6.45) is -0.0862. The zero-order valence-electron chi connectivity index (χ0n) is 30.5. The summed E-state index contributed by atoms with van der Waals surface area (Å²) in [6.45, 7) is 14.5. The van der Waals surface area contributed by atoms with Gasteiger partial charge in [0.15, 0.2) is 6.61 Å². The largest absolute Gasteiger partial charge is 0.482 e. The maximum atomic E-state index is 13.4. The molecule has 4 rings (SSSR count). The molecular formula is C38H54F5NO4S. The van der Waals surface area contributed by atoms with Gasteiger partial charge >= 0.3 is 12.1 Å². The minimum Gasteiger partial charge on any atom is -0.482 e. The van der Waals surface area contributed by atoms with Crippen LogP contribution in [0, 0.1) is 0 Å². The van der Waals surface area contributed by atoms with Crippen molar-refractivity contribution in [3.8, 4) is 5.75 Å². The normalized spacial score (nSPS) is 12.1. The van der Waals surface area contributed by atoms with E-state index in [1.54, 1.807) is 14.2 Å². The van der Waals surface area contributed by atoms with E-state index >= 15 is 0 Å². The molecule has 0 aliphatic heterocycles. The first-order valence-electron chi connectivity index (χ1n) is 16.4. The third-order valence-corrected chi connectivity index (χ3v) is 6.93. The van der Waals surface area contributed by atoms with Crippen LogP contribution in [0.3, 0.4) is 0 Å². The number of methoxy groups -OCH3 is 1. The monoisotopic (exact) mass is 715 g/mol. The van der Waals surface area contributed by atoms with Crippen LogP contribution in [0.5, 0.6) is 5.75 Å². The van der Waals surface area contributed by atoms with E-state index in [-0.39, 0.29) is 17.5 Å². The number of nitrogens with one attached hydrogen (secondary N) is 1. The van der Waals surface area contributed by atoms with Crippen LogP contribution in [0.15, 0.2) is 71.6 Å². The van der Waals surface area contributed by atoms with Gasteiger partial charge in [-0.2, -0.15) is 13.2 Å². The Morgan fingerprint density at radius 1 is 0.796 bits per heavy atom. The minimum atomic E-state index is -4.67. The number of fused-ring (bicyclic) bond motifs is 1. The van der Waals surface area contributed by atoms with Gasteiger partial charge in [-0.25, -0.2) is 13.6 Å². The molecule has 1 aliphatic carbocycles. The molecule has 0 amide bonds. The fourth-order valence-electron chi connectivity index (χ4n) is 4.26. The van der Waals surface area contributed by atoms with Crippen molar-refractivity contribution in [2.45, 2.75) is 110 Å². The van der Waals surface area contributed by atoms with Crippen LogP contribution >= 0.6 is 11.9 Å². The molecule has 0 spiro atoms. The molecule has 0 saturated carbocycles. The van der Waals surface area contributed by atoms with Gasteiger partial charge in [0.1, 0.15) is 11.4 Å². The van der Waals surface area contributed by atoms with Crippen molar-refractivity contribution in [2.75, 3.05) is 20.8 Å². The number of alkyl halides is 5. The number of carbonyl (C=O) groups excluding carboxylic acids is 1. The number of halogens is 5. The lowest BCUT2D eigenvalue weighted by atomic mass is 9.91. The van der Waals surface area contributed by atoms with Gasteiger partial charge in [0, 0.05) is 38.1 Å². The first kappa shape index (κ1) is 45.9. The maximum Gasteiger partial charge on any atom is 0.416 e. The highest BCUT2D eigenvalue weighted by Crippen LogP contribution is 2.37. The average Bonchev–Trinajstić information content (AvgIpc) is 3.05. The standard InChI is InChI=1S/C16H14F5NS.C16H22O3.C2H6O.2C2H6/c1-15(17,18)12-7-13(16(19,20)21)9-14(8-12)23-22-10-11-5-3-2-4-6-11;1-16(2,3)19-15(17)11-18-14-10-6-8-12-7-4-5-9-13(12)14;1-3-2;2*1-2/h2-9,22H,10H2,1H3;6,8,10H,4-5,7,9,11H2,1-3H3;1-2H3;2*1-2H3. The second-order valence-electron chi connectivity index (χ2n) is 11.4. The molecule has 1 aliphatic rings. The number of carbonyl (C=O) groups is 1. The summed E-state index contributed by atoms with van der Waals surface area (Å²) in [7, 11) is 3.25. The smallest absolute Gasteiger partial charge is 0.416 e. The number of benzene rings is 3. The summed E-state index contributed by atoms with van der Waals surface area (Å²) >= 11 is 0.892. The average molecular weight is 716 g/mol. The molecule has 0 radical (unpaired) electrons. The molecule has 1 N–H and O–H groups in total. The lowest BCUT2D eigenvalue weighted by molar-refractivity contribution is -0.157. The SMILES string of the molecule is CC.CC.CC(C)(C)OC(=O)COc1cccc2c1CCCC2.CC(F)(F)c1cc(SNCc2ccccc2)cc(C(F)(F)F)c1.COC. The lowest BCUT2D eigenvalue weighted by Crippen LogP contribution is -2.27. The lowest BCUT2D eigenvalue weighted by Gasteiger charge is -2.21. The number of rotatable bonds is 8. The van der Waals surface area contributed by atoms with Gasteiger partial charge in [-0.1, -0.05) is 70.2 Å². The van der Waals surface area contributed by atoms with Crippen LogP contribution in [0.1, 0.15) is 96.0 Å². The van der Waals surface area contributed by atoms with E-state index in [1.807, 2.05) is 90.9 Å². The number of aryl methyl sites for hydroxylation is 1. The summed E-state index contributed by atoms with van der Waals surface area (Å²) in [5.41, 5.74) is 1.35. The van der Waals surface area contributed by atoms with Crippen molar-refractivity contribution < 1.29 is 41.0 Å². The van der Waals surface area contributed by atoms with Crippen molar-refractivity contribution in [3.05, 3.63) is 94.5 Å². The van der Waals surface area contributed by atoms with Crippen molar-refractivity contribution >= 4 is 17.9 Å². The predicted octanol–water partition coefficient (Wildman–Crippen LogP) is 11.2. The van der Waals surface area contributed by atoms with Crippen molar-refractivity contribution in [1.82, 2.24) is 4.72 Å². The van der Waals surface area contributed by atoms with Crippen LogP contribution in [-0.2, 0) is 45.8 Å². The molecule has 3 aromatic rings. The molecule has 0 aromatic heterocycles. The summed E-state index contributed by atoms with van der Waals surface area (Å²) < 4.78 is 83.3. The molecule has 0 unspecified atom stereocenters. The minimum absolute atomic E-state index is 0.0201. The highest BCUT2D eigenvalue weighted by molar-refractivity contribution is 7.97. The van der Waals surface area contributed by atoms with Gasteiger partial charge in [0.2, 0.25) is 0 Å². The van der Waals surface area contributed by atoms with Crippen LogP contribution in [0.2, 0.25) is 0 Å². The molecule has 0 heterocycles. The molecule has 49 heavy (non-hydrogen) atoms. The molecular weight excluding hydrogens is 661 g/mol. The molecule has 0 fully saturated rings. The Bertz CT molecular complexity index is 1310. The fraction of sp³-hybridized carbons (Fsp3) is 0.500. The second-order valence-corrected chi connectivity index (χ2v) is 12.4. The van der Waals surface area contributed by atoms with E-state index in [2.05, 4.69) is 15.5 Å². The zero-order chi connectivity index (χ0) is 37.7. The molecule has 5 nitrogen and oxygen atoms in total. The number of hydrogen-bond acceptors (Lipinski definition) is 6. The van der Waals surface area contributed by atoms with Gasteiger partial charge in [0.25, 0.3) is 5.92 Å². The zero-order valence-corrected chi connectivity index (χ0v) is 31.3. The molecule has 3 aromatic carbocycles. The highest BCUT2D eigenvalue weighted by atomic mass is 32.2. The Labute approximate surface area is 294 Å². The highest BCUT2D eigenvalue weighted by Gasteiger charge is 2.34. The van der Waals surface area contributed by atoms with E-state index in [4.69, 9.17) is 9.47 Å². The third-order valence-electron chi connectivity index (χ3n) is 6.17. The number of ether oxygens (including phenoxy) is 3. The molecule has 0 atom stereocenters. The van der Waals surface area contributed by atoms with Crippen LogP contribution in [0.25, 0.3) is 0 Å². The molecule has 276 valence electrons. The second kappa shape index (κ2) is 23.3. The van der Waals surface area contributed by atoms with Crippen LogP contribution < -0.4 is 9.46 Å². The van der Waals surface area contributed by atoms with E-state index in [0.717, 1.165) is 48.2 Å². The van der Waals surface area contributed by atoms with E-state index in [9.17, 15) is 26.7 Å². The Hall–Kier alpha value is -3.15. The van der Waals surface area contributed by atoms with Crippen molar-refractivity contribution in [3.63, 3.8) is 0 Å². The van der Waals surface area contributed by atoms with Crippen LogP contribution in [0.4, 0.5) is 22.0 Å². The van der Waals surface area contributed by atoms with Gasteiger partial charge in [0.05, 0.1) is 5.56 Å². The molecule has 0 saturated heterocycles. The number of esters is 1. The number of hydrogen-bond donors (Lipinski definition) is 1. The summed E-state index contributed by atoms with van der Waals surface area (Å²) in [5, 5.41) is 0. The first-order valence-corrected chi connectivity index (χ1v) is 17.2. The van der Waals surface area contributed by atoms with Gasteiger partial charge in [-0.15, -0.1) is 0 Å². The van der Waals surface area contributed by atoms with E-state index < -0.39 is 28.8 Å². The summed E-state index contributed by atoms with van der Waals surface area (Å²) in [5.74, 6) is -2.82. The fourth-order valence-corrected chi connectivity index (χ4v) is 5.04. The Morgan fingerprint density at radius 3 is 1.92 bits per heavy atom. The topological polar surface area (TPSA) is 56.8 Å². The predicted molar refractivity (Wildman–Crippen MR) is 190 cm³/mol. The van der Waals surface area contributed by atoms with Gasteiger partial charge < -0.3 is 14.2 Å². The maximum absolute atomic E-state index is 13.4. The summed E-state index contributed by atoms with van der Waals surface area (Å²) in [6, 6.07) is 17.7. The molecule has 11 heteroatoms. The quantitative estimate of drug-likeness (QED) is 0.142.